The first kappa shape index (κ1) is 43.6. The highest BCUT2D eigenvalue weighted by Gasteiger charge is 2.43. The number of hydrogen-bond acceptors (Lipinski definition) is 6. The Hall–Kier alpha value is -3.45. The molecule has 0 spiro atoms. The molecule has 14 heteroatoms. The zero-order valence-electron chi connectivity index (χ0n) is 30.2. The van der Waals surface area contributed by atoms with E-state index >= 15 is 0 Å². The minimum Gasteiger partial charge on any atom is -0.349 e. The van der Waals surface area contributed by atoms with Gasteiger partial charge < -0.3 is 26.2 Å². The predicted octanol–water partition coefficient (Wildman–Crippen LogP) is 4.84. The van der Waals surface area contributed by atoms with E-state index in [1.807, 2.05) is 25.7 Å². The molecule has 280 valence electrons. The molecule has 0 bridgehead atoms. The van der Waals surface area contributed by atoms with Crippen LogP contribution < -0.4 is 21.3 Å². The van der Waals surface area contributed by atoms with Crippen LogP contribution in [0.3, 0.4) is 0 Å². The molecule has 1 saturated heterocycles. The summed E-state index contributed by atoms with van der Waals surface area (Å²) in [6.07, 6.45) is 5.48. The second kappa shape index (κ2) is 20.3. The number of urea groups is 1. The van der Waals surface area contributed by atoms with Crippen LogP contribution in [0.5, 0.6) is 0 Å². The minimum atomic E-state index is -3.96. The lowest BCUT2D eigenvalue weighted by molar-refractivity contribution is -0.139. The largest absolute Gasteiger partial charge is 0.388 e. The molecular weight excluding hydrogens is 643 g/mol. The normalized spacial score (nSPS) is 21.2. The lowest BCUT2D eigenvalue weighted by Crippen LogP contribution is -2.59. The summed E-state index contributed by atoms with van der Waals surface area (Å²) in [5.74, 6) is -0.411. The fourth-order valence-corrected chi connectivity index (χ4v) is 5.67. The fraction of sp³-hybridized carbons (Fsp3) is 0.771. The van der Waals surface area contributed by atoms with Crippen LogP contribution in [-0.2, 0) is 24.0 Å². The van der Waals surface area contributed by atoms with Gasteiger partial charge in [-0.25, -0.2) is 4.79 Å². The van der Waals surface area contributed by atoms with Gasteiger partial charge in [-0.1, -0.05) is 60.0 Å². The predicted molar refractivity (Wildman–Crippen MR) is 181 cm³/mol. The summed E-state index contributed by atoms with van der Waals surface area (Å²) in [6, 6.07) is -2.03. The highest BCUT2D eigenvalue weighted by Crippen LogP contribution is 2.35. The van der Waals surface area contributed by atoms with E-state index in [-0.39, 0.29) is 42.1 Å². The lowest BCUT2D eigenvalue weighted by atomic mass is 9.81. The van der Waals surface area contributed by atoms with Crippen molar-refractivity contribution in [3.63, 3.8) is 0 Å². The van der Waals surface area contributed by atoms with Crippen molar-refractivity contribution in [3.05, 3.63) is 12.7 Å². The second-order valence-electron chi connectivity index (χ2n) is 14.3. The third-order valence-corrected chi connectivity index (χ3v) is 9.25. The van der Waals surface area contributed by atoms with Crippen molar-refractivity contribution in [2.75, 3.05) is 13.1 Å². The SMILES string of the molecule is C=CCNC(=O)C(=O)C(C)NC=O.CC1[C@@H](C)CCN1C(=O)C(NC(=O)NC(C(=O)C1CC1)C1CCCCC1)C(C)(C)C.CCC(F)(F)F. The third kappa shape index (κ3) is 15.3. The number of nitrogens with zero attached hydrogens (tertiary/aromatic N) is 1. The molecule has 49 heavy (non-hydrogen) atoms. The molecule has 0 radical (unpaired) electrons. The zero-order chi connectivity index (χ0) is 37.5. The second-order valence-corrected chi connectivity index (χ2v) is 14.3. The molecule has 1 heterocycles. The van der Waals surface area contributed by atoms with Crippen LogP contribution >= 0.6 is 0 Å². The number of carbonyl (C=O) groups excluding carboxylic acids is 6. The van der Waals surface area contributed by atoms with Gasteiger partial charge in [0.05, 0.1) is 12.1 Å². The van der Waals surface area contributed by atoms with Gasteiger partial charge >= 0.3 is 12.2 Å². The highest BCUT2D eigenvalue weighted by molar-refractivity contribution is 6.38. The van der Waals surface area contributed by atoms with Crippen molar-refractivity contribution in [3.8, 4) is 0 Å². The molecule has 3 aliphatic rings. The van der Waals surface area contributed by atoms with Gasteiger partial charge in [0.25, 0.3) is 5.91 Å². The molecule has 4 unspecified atom stereocenters. The van der Waals surface area contributed by atoms with Crippen molar-refractivity contribution in [1.29, 1.82) is 0 Å². The minimum absolute atomic E-state index is 0.0164. The maximum absolute atomic E-state index is 13.3. The number of amides is 5. The lowest BCUT2D eigenvalue weighted by Gasteiger charge is -2.36. The Kier molecular flexibility index (Phi) is 18.0. The number of Topliss-reactive ketones (excluding diaryl/α,β-unsaturated/α-hetero) is 2. The van der Waals surface area contributed by atoms with Gasteiger partial charge in [0.15, 0.2) is 5.78 Å². The molecule has 3 rings (SSSR count). The summed E-state index contributed by atoms with van der Waals surface area (Å²) in [5.41, 5.74) is -0.416. The number of carbonyl (C=O) groups is 6. The third-order valence-electron chi connectivity index (χ3n) is 9.25. The summed E-state index contributed by atoms with van der Waals surface area (Å²) >= 11 is 0. The van der Waals surface area contributed by atoms with Gasteiger partial charge in [0, 0.05) is 31.5 Å². The quantitative estimate of drug-likeness (QED) is 0.130. The maximum atomic E-state index is 13.3. The van der Waals surface area contributed by atoms with Crippen LogP contribution in [0, 0.1) is 23.2 Å². The molecule has 0 aromatic heterocycles. The average molecular weight is 702 g/mol. The van der Waals surface area contributed by atoms with Crippen LogP contribution in [0.15, 0.2) is 12.7 Å². The number of likely N-dealkylation sites (tertiary alicyclic amines) is 1. The molecule has 0 aromatic rings. The summed E-state index contributed by atoms with van der Waals surface area (Å²) in [5, 5.41) is 10.5. The Morgan fingerprint density at radius 1 is 0.939 bits per heavy atom. The molecule has 11 nitrogen and oxygen atoms in total. The Balaban J connectivity index is 0.000000523. The Bertz CT molecular complexity index is 1130. The van der Waals surface area contributed by atoms with Crippen LogP contribution in [0.25, 0.3) is 0 Å². The topological polar surface area (TPSA) is 154 Å². The molecule has 2 aliphatic carbocycles. The Labute approximate surface area is 289 Å². The van der Waals surface area contributed by atoms with E-state index in [0.29, 0.717) is 12.3 Å². The van der Waals surface area contributed by atoms with E-state index in [1.165, 1.54) is 19.4 Å². The maximum Gasteiger partial charge on any atom is 0.388 e. The van der Waals surface area contributed by atoms with Gasteiger partial charge in [-0.15, -0.1) is 6.58 Å². The van der Waals surface area contributed by atoms with E-state index in [2.05, 4.69) is 41.7 Å². The first-order chi connectivity index (χ1) is 22.8. The number of nitrogens with one attached hydrogen (secondary N) is 4. The first-order valence-electron chi connectivity index (χ1n) is 17.4. The van der Waals surface area contributed by atoms with Crippen molar-refractivity contribution in [2.24, 2.45) is 23.2 Å². The molecule has 4 N–H and O–H groups in total. The highest BCUT2D eigenvalue weighted by atomic mass is 19.4. The molecule has 5 amide bonds. The van der Waals surface area contributed by atoms with E-state index in [4.69, 9.17) is 0 Å². The van der Waals surface area contributed by atoms with E-state index in [9.17, 15) is 41.9 Å². The summed E-state index contributed by atoms with van der Waals surface area (Å²) in [4.78, 5) is 73.2. The molecule has 2 saturated carbocycles. The van der Waals surface area contributed by atoms with Gasteiger partial charge in [0.1, 0.15) is 6.04 Å². The molecule has 3 fully saturated rings. The van der Waals surface area contributed by atoms with Crippen molar-refractivity contribution in [2.45, 2.75) is 137 Å². The number of alkyl halides is 3. The first-order valence-corrected chi connectivity index (χ1v) is 17.4. The smallest absolute Gasteiger partial charge is 0.349 e. The Morgan fingerprint density at radius 2 is 1.51 bits per heavy atom. The Morgan fingerprint density at radius 3 is 1.94 bits per heavy atom. The monoisotopic (exact) mass is 701 g/mol. The number of ketones is 2. The van der Waals surface area contributed by atoms with Crippen LogP contribution in [0.1, 0.15) is 106 Å². The molecule has 1 aliphatic heterocycles. The number of halogens is 3. The van der Waals surface area contributed by atoms with Gasteiger partial charge in [-0.3, -0.25) is 24.0 Å². The fourth-order valence-electron chi connectivity index (χ4n) is 5.67. The van der Waals surface area contributed by atoms with Crippen LogP contribution in [-0.4, -0.2) is 84.2 Å². The van der Waals surface area contributed by atoms with E-state index in [1.54, 1.807) is 0 Å². The van der Waals surface area contributed by atoms with E-state index < -0.39 is 47.8 Å². The summed E-state index contributed by atoms with van der Waals surface area (Å²) < 4.78 is 32.4. The van der Waals surface area contributed by atoms with Crippen molar-refractivity contribution >= 4 is 35.8 Å². The number of hydrogen-bond donors (Lipinski definition) is 4. The summed E-state index contributed by atoms with van der Waals surface area (Å²) in [6.45, 7) is 17.1. The number of rotatable bonds is 12. The van der Waals surface area contributed by atoms with E-state index in [0.717, 1.165) is 58.4 Å². The molecular formula is C35H58F3N5O6. The van der Waals surface area contributed by atoms with Crippen LogP contribution in [0.2, 0.25) is 0 Å². The van der Waals surface area contributed by atoms with Crippen molar-refractivity contribution < 1.29 is 41.9 Å². The zero-order valence-corrected chi connectivity index (χ0v) is 30.2. The van der Waals surface area contributed by atoms with Gasteiger partial charge in [-0.05, 0) is 63.2 Å². The summed E-state index contributed by atoms with van der Waals surface area (Å²) in [7, 11) is 0. The average Bonchev–Trinajstić information content (AvgIpc) is 3.85. The molecule has 5 atom stereocenters. The van der Waals surface area contributed by atoms with Gasteiger partial charge in [-0.2, -0.15) is 13.2 Å². The van der Waals surface area contributed by atoms with Gasteiger partial charge in [0.2, 0.25) is 18.1 Å². The van der Waals surface area contributed by atoms with Crippen LogP contribution in [0.4, 0.5) is 18.0 Å². The standard InChI is InChI=1S/C24H41N3O3.C8H12N2O3.C3H5F3/c1-15-13-14-27(16(15)2)22(29)21(24(3,4)5)26-23(30)25-19(20(28)18-11-12-18)17-9-7-6-8-10-17;1-3-4-9-8(13)7(12)6(2)10-5-11;1-2-3(4,5)6/h15-19,21H,6-14H2,1-5H3,(H2,25,26,30);3,5-6H,1,4H2,2H3,(H,9,13)(H,10,11);2H2,1H3/t15-,16?,19?,21?;;/m0../s1. The molecule has 0 aromatic carbocycles. The van der Waals surface area contributed by atoms with Crippen molar-refractivity contribution in [1.82, 2.24) is 26.2 Å².